The zero-order chi connectivity index (χ0) is 19.1. The van der Waals surface area contributed by atoms with Gasteiger partial charge in [0.2, 0.25) is 11.8 Å². The van der Waals surface area contributed by atoms with E-state index in [9.17, 15) is 19.2 Å². The van der Waals surface area contributed by atoms with E-state index in [2.05, 4.69) is 10.3 Å². The van der Waals surface area contributed by atoms with Gasteiger partial charge in [0.25, 0.3) is 0 Å². The number of pyridine rings is 1. The fraction of sp³-hybridized carbons (Fsp3) is 0.400. The van der Waals surface area contributed by atoms with Gasteiger partial charge in [-0.3, -0.25) is 14.4 Å². The lowest BCUT2D eigenvalue weighted by molar-refractivity contribution is -0.147. The van der Waals surface area contributed by atoms with E-state index < -0.39 is 36.4 Å². The number of nitrogens with zero attached hydrogens (tertiary/aromatic N) is 1. The Kier molecular flexibility index (Phi) is 7.00. The van der Waals surface area contributed by atoms with Gasteiger partial charge in [-0.2, -0.15) is 0 Å². The highest BCUT2D eigenvalue weighted by Crippen LogP contribution is 2.19. The van der Waals surface area contributed by atoms with E-state index in [4.69, 9.17) is 15.9 Å². The van der Waals surface area contributed by atoms with Gasteiger partial charge in [0.1, 0.15) is 11.9 Å². The number of nitrogens with one attached hydrogen (secondary N) is 2. The number of aromatic nitrogens is 1. The van der Waals surface area contributed by atoms with Gasteiger partial charge in [0, 0.05) is 19.0 Å². The summed E-state index contributed by atoms with van der Waals surface area (Å²) in [5, 5.41) is 21.3. The quantitative estimate of drug-likeness (QED) is 0.471. The molecule has 0 saturated heterocycles. The molecule has 1 aromatic rings. The Labute approximate surface area is 143 Å². The molecule has 0 fully saturated rings. The van der Waals surface area contributed by atoms with Crippen LogP contribution in [0, 0.1) is 6.92 Å². The van der Waals surface area contributed by atoms with E-state index in [0.717, 1.165) is 18.2 Å². The summed E-state index contributed by atoms with van der Waals surface area (Å²) in [6.07, 6.45) is -0.0383. The number of amides is 2. The van der Waals surface area contributed by atoms with Gasteiger partial charge in [-0.25, -0.2) is 9.78 Å². The number of aliphatic carboxylic acids is 2. The van der Waals surface area contributed by atoms with Crippen LogP contribution in [0.1, 0.15) is 24.6 Å². The largest absolute Gasteiger partial charge is 0.481 e. The highest BCUT2D eigenvalue weighted by atomic mass is 16.4. The first-order chi connectivity index (χ1) is 11.6. The third-order valence-corrected chi connectivity index (χ3v) is 3.19. The van der Waals surface area contributed by atoms with Crippen LogP contribution < -0.4 is 16.4 Å². The molecule has 0 saturated carbocycles. The van der Waals surface area contributed by atoms with Crippen LogP contribution in [-0.2, 0) is 25.6 Å². The van der Waals surface area contributed by atoms with Crippen LogP contribution in [-0.4, -0.2) is 51.0 Å². The average molecular weight is 352 g/mol. The Balaban J connectivity index is 0.000000252. The van der Waals surface area contributed by atoms with Crippen LogP contribution in [0.4, 0.5) is 5.82 Å². The lowest BCUT2D eigenvalue weighted by Crippen LogP contribution is -2.41. The molecule has 2 rings (SSSR count). The molecule has 1 aliphatic heterocycles. The second kappa shape index (κ2) is 8.73. The van der Waals surface area contributed by atoms with Crippen molar-refractivity contribution in [2.45, 2.75) is 38.8 Å². The zero-order valence-electron chi connectivity index (χ0n) is 13.8. The van der Waals surface area contributed by atoms with Crippen LogP contribution in [0.5, 0.6) is 0 Å². The van der Waals surface area contributed by atoms with Crippen molar-refractivity contribution in [2.24, 2.45) is 5.73 Å². The minimum absolute atomic E-state index is 0.148. The maximum atomic E-state index is 11.2. The SMILES string of the molecule is CC(=O)N[C@@H](CC(=O)O)C(=O)O.Cc1ccc2c(n1)NC(=O)[C@@H](N)C2. The van der Waals surface area contributed by atoms with E-state index in [0.29, 0.717) is 12.2 Å². The minimum Gasteiger partial charge on any atom is -0.481 e. The molecule has 136 valence electrons. The van der Waals surface area contributed by atoms with Crippen LogP contribution in [0.15, 0.2) is 12.1 Å². The number of hydrogen-bond acceptors (Lipinski definition) is 6. The molecular formula is C15H20N4O6. The van der Waals surface area contributed by atoms with Crippen LogP contribution in [0.3, 0.4) is 0 Å². The first kappa shape index (κ1) is 20.0. The summed E-state index contributed by atoms with van der Waals surface area (Å²) in [5.74, 6) is -2.68. The molecule has 1 aliphatic rings. The molecular weight excluding hydrogens is 332 g/mol. The van der Waals surface area contributed by atoms with Crippen molar-refractivity contribution in [3.05, 3.63) is 23.4 Å². The number of fused-ring (bicyclic) bond motifs is 1. The molecule has 6 N–H and O–H groups in total. The summed E-state index contributed by atoms with van der Waals surface area (Å²) in [5.41, 5.74) is 7.50. The number of carbonyl (C=O) groups is 4. The smallest absolute Gasteiger partial charge is 0.326 e. The molecule has 0 unspecified atom stereocenters. The maximum Gasteiger partial charge on any atom is 0.326 e. The molecule has 25 heavy (non-hydrogen) atoms. The second-order valence-corrected chi connectivity index (χ2v) is 5.45. The van der Waals surface area contributed by atoms with Crippen molar-refractivity contribution < 1.29 is 29.4 Å². The lowest BCUT2D eigenvalue weighted by atomic mass is 10.0. The van der Waals surface area contributed by atoms with Crippen molar-refractivity contribution in [1.29, 1.82) is 0 Å². The van der Waals surface area contributed by atoms with Crippen molar-refractivity contribution in [2.75, 3.05) is 5.32 Å². The zero-order valence-corrected chi connectivity index (χ0v) is 13.8. The molecule has 0 bridgehead atoms. The predicted octanol–water partition coefficient (Wildman–Crippen LogP) is -0.738. The molecule has 0 aliphatic carbocycles. The summed E-state index contributed by atoms with van der Waals surface area (Å²) in [7, 11) is 0. The number of hydrogen-bond donors (Lipinski definition) is 5. The molecule has 0 aromatic carbocycles. The molecule has 10 nitrogen and oxygen atoms in total. The summed E-state index contributed by atoms with van der Waals surface area (Å²) in [4.78, 5) is 46.1. The van der Waals surface area contributed by atoms with Crippen molar-refractivity contribution >= 4 is 29.6 Å². The molecule has 0 spiro atoms. The normalized spacial score (nSPS) is 16.4. The van der Waals surface area contributed by atoms with Gasteiger partial charge in [-0.05, 0) is 18.6 Å². The minimum atomic E-state index is -1.35. The maximum absolute atomic E-state index is 11.2. The molecule has 2 atom stereocenters. The summed E-state index contributed by atoms with van der Waals surface area (Å²) in [6.45, 7) is 3.01. The lowest BCUT2D eigenvalue weighted by Gasteiger charge is -2.20. The summed E-state index contributed by atoms with van der Waals surface area (Å²) >= 11 is 0. The first-order valence-electron chi connectivity index (χ1n) is 7.34. The number of carboxylic acids is 2. The van der Waals surface area contributed by atoms with Crippen LogP contribution in [0.25, 0.3) is 0 Å². The van der Waals surface area contributed by atoms with Gasteiger partial charge >= 0.3 is 11.9 Å². The van der Waals surface area contributed by atoms with Gasteiger partial charge in [-0.15, -0.1) is 0 Å². The van der Waals surface area contributed by atoms with E-state index in [1.54, 1.807) is 0 Å². The van der Waals surface area contributed by atoms with Crippen LogP contribution in [0.2, 0.25) is 0 Å². The van der Waals surface area contributed by atoms with E-state index >= 15 is 0 Å². The Bertz CT molecular complexity index is 675. The Morgan fingerprint density at radius 3 is 2.56 bits per heavy atom. The fourth-order valence-corrected chi connectivity index (χ4v) is 2.02. The Hall–Kier alpha value is -3.01. The van der Waals surface area contributed by atoms with Gasteiger partial charge in [0.15, 0.2) is 0 Å². The van der Waals surface area contributed by atoms with E-state index in [-0.39, 0.29) is 5.91 Å². The molecule has 2 amide bonds. The molecule has 10 heteroatoms. The Morgan fingerprint density at radius 2 is 2.04 bits per heavy atom. The Morgan fingerprint density at radius 1 is 1.40 bits per heavy atom. The number of carbonyl (C=O) groups excluding carboxylic acids is 2. The van der Waals surface area contributed by atoms with E-state index in [1.807, 2.05) is 24.4 Å². The number of nitrogens with two attached hydrogens (primary N) is 1. The fourth-order valence-electron chi connectivity index (χ4n) is 2.02. The van der Waals surface area contributed by atoms with Crippen LogP contribution >= 0.6 is 0 Å². The molecule has 0 radical (unpaired) electrons. The van der Waals surface area contributed by atoms with Gasteiger partial charge < -0.3 is 26.6 Å². The van der Waals surface area contributed by atoms with Crippen molar-refractivity contribution in [1.82, 2.24) is 10.3 Å². The summed E-state index contributed by atoms with van der Waals surface area (Å²) < 4.78 is 0. The monoisotopic (exact) mass is 352 g/mol. The average Bonchev–Trinajstić information content (AvgIpc) is 2.48. The van der Waals surface area contributed by atoms with Gasteiger partial charge in [0.05, 0.1) is 12.5 Å². The number of carboxylic acid groups (broad SMARTS) is 2. The molecule has 1 aromatic heterocycles. The summed E-state index contributed by atoms with van der Waals surface area (Å²) in [6, 6.07) is 2.09. The van der Waals surface area contributed by atoms with Crippen molar-refractivity contribution in [3.63, 3.8) is 0 Å². The van der Waals surface area contributed by atoms with Crippen molar-refractivity contribution in [3.8, 4) is 0 Å². The highest BCUT2D eigenvalue weighted by molar-refractivity contribution is 5.96. The number of aryl methyl sites for hydroxylation is 1. The first-order valence-corrected chi connectivity index (χ1v) is 7.34. The standard InChI is InChI=1S/C9H11N3O.C6H9NO5/c1-5-2-3-6-4-7(10)9(13)12-8(6)11-5;1-3(8)7-4(6(11)12)2-5(9)10/h2-3,7H,4,10H2,1H3,(H,11,12,13);4H,2H2,1H3,(H,7,8)(H,9,10)(H,11,12)/t7-;4-/m00/s1. The second-order valence-electron chi connectivity index (χ2n) is 5.45. The third kappa shape index (κ3) is 6.55. The molecule has 2 heterocycles. The number of anilines is 1. The highest BCUT2D eigenvalue weighted by Gasteiger charge is 2.23. The third-order valence-electron chi connectivity index (χ3n) is 3.19. The topological polar surface area (TPSA) is 172 Å². The van der Waals surface area contributed by atoms with Gasteiger partial charge in [-0.1, -0.05) is 6.07 Å². The predicted molar refractivity (Wildman–Crippen MR) is 86.8 cm³/mol. The van der Waals surface area contributed by atoms with E-state index in [1.165, 1.54) is 0 Å². The number of rotatable bonds is 4.